The van der Waals surface area contributed by atoms with Crippen LogP contribution in [0.15, 0.2) is 49.1 Å². The molecule has 0 spiro atoms. The number of fused-ring (bicyclic) bond motifs is 2. The van der Waals surface area contributed by atoms with Gasteiger partial charge in [-0.3, -0.25) is 9.67 Å². The van der Waals surface area contributed by atoms with Gasteiger partial charge in [-0.05, 0) is 37.1 Å². The van der Waals surface area contributed by atoms with Gasteiger partial charge in [-0.2, -0.15) is 5.10 Å². The molecule has 0 aliphatic heterocycles. The molecule has 5 rings (SSSR count). The van der Waals surface area contributed by atoms with Crippen molar-refractivity contribution in [2.75, 3.05) is 11.9 Å². The summed E-state index contributed by atoms with van der Waals surface area (Å²) in [6.07, 6.45) is 12.8. The first kappa shape index (κ1) is 16.7. The van der Waals surface area contributed by atoms with E-state index in [9.17, 15) is 5.11 Å². The molecule has 0 unspecified atom stereocenters. The molecule has 0 amide bonds. The summed E-state index contributed by atoms with van der Waals surface area (Å²) in [5, 5.41) is 17.1. The van der Waals surface area contributed by atoms with Crippen LogP contribution in [0.1, 0.15) is 17.0 Å². The molecule has 0 bridgehead atoms. The average Bonchev–Trinajstić information content (AvgIpc) is 3.41. The van der Waals surface area contributed by atoms with Gasteiger partial charge in [0, 0.05) is 47.7 Å². The number of nitrogens with zero attached hydrogens (tertiary/aromatic N) is 5. The van der Waals surface area contributed by atoms with Crippen LogP contribution in [0.3, 0.4) is 0 Å². The van der Waals surface area contributed by atoms with E-state index < -0.39 is 0 Å². The predicted octanol–water partition coefficient (Wildman–Crippen LogP) is 3.21. The third-order valence-electron chi connectivity index (χ3n) is 4.99. The van der Waals surface area contributed by atoms with Crippen LogP contribution in [0.2, 0.25) is 0 Å². The van der Waals surface area contributed by atoms with Crippen LogP contribution < -0.4 is 5.32 Å². The van der Waals surface area contributed by atoms with Crippen molar-refractivity contribution in [1.82, 2.24) is 24.1 Å². The van der Waals surface area contributed by atoms with Crippen LogP contribution in [0.25, 0.3) is 22.9 Å². The number of aliphatic hydroxyl groups excluding tert-OH is 1. The fourth-order valence-electron chi connectivity index (χ4n) is 3.60. The SMILES string of the molecule is Cc1cc(Nc2cc(-c3cnc4c(c3)CC=C4)cn3ccnc23)nn1CCO. The Morgan fingerprint density at radius 3 is 3.00 bits per heavy atom. The molecular formula is C21H20N6O. The molecule has 0 saturated heterocycles. The van der Waals surface area contributed by atoms with Gasteiger partial charge in [0.05, 0.1) is 24.5 Å². The standard InChI is InChI=1S/C21H20N6O/c1-14-9-20(25-27(14)7-8-28)24-19-11-17(13-26-6-5-22-21(19)26)16-10-15-3-2-4-18(15)23-12-16/h2,4-6,9-13,28H,3,7-8H2,1H3,(H,24,25). The summed E-state index contributed by atoms with van der Waals surface area (Å²) in [4.78, 5) is 9.05. The summed E-state index contributed by atoms with van der Waals surface area (Å²) < 4.78 is 3.78. The zero-order valence-corrected chi connectivity index (χ0v) is 15.5. The van der Waals surface area contributed by atoms with Crippen molar-refractivity contribution in [2.24, 2.45) is 0 Å². The van der Waals surface area contributed by atoms with Crippen LogP contribution in [0.4, 0.5) is 11.5 Å². The quantitative estimate of drug-likeness (QED) is 0.562. The minimum Gasteiger partial charge on any atom is -0.394 e. The maximum absolute atomic E-state index is 9.18. The summed E-state index contributed by atoms with van der Waals surface area (Å²) in [7, 11) is 0. The Kier molecular flexibility index (Phi) is 3.95. The van der Waals surface area contributed by atoms with Crippen molar-refractivity contribution < 1.29 is 5.11 Å². The third-order valence-corrected chi connectivity index (χ3v) is 4.99. The van der Waals surface area contributed by atoms with E-state index in [1.54, 1.807) is 10.9 Å². The molecule has 1 aliphatic rings. The molecule has 2 N–H and O–H groups in total. The number of aliphatic hydroxyl groups is 1. The molecule has 0 aromatic carbocycles. The van der Waals surface area contributed by atoms with Gasteiger partial charge in [-0.25, -0.2) is 4.98 Å². The van der Waals surface area contributed by atoms with Gasteiger partial charge in [-0.1, -0.05) is 6.08 Å². The first-order valence-electron chi connectivity index (χ1n) is 9.26. The second-order valence-electron chi connectivity index (χ2n) is 6.92. The Balaban J connectivity index is 1.55. The van der Waals surface area contributed by atoms with E-state index >= 15 is 0 Å². The van der Waals surface area contributed by atoms with E-state index in [0.717, 1.165) is 46.1 Å². The third kappa shape index (κ3) is 2.86. The Labute approximate surface area is 162 Å². The molecule has 0 saturated carbocycles. The fourth-order valence-corrected chi connectivity index (χ4v) is 3.60. The molecular weight excluding hydrogens is 352 g/mol. The van der Waals surface area contributed by atoms with Gasteiger partial charge in [-0.15, -0.1) is 0 Å². The van der Waals surface area contributed by atoms with Crippen LogP contribution in [-0.4, -0.2) is 35.9 Å². The smallest absolute Gasteiger partial charge is 0.160 e. The van der Waals surface area contributed by atoms with E-state index in [0.29, 0.717) is 6.54 Å². The molecule has 4 aromatic rings. The van der Waals surface area contributed by atoms with Gasteiger partial charge < -0.3 is 14.8 Å². The number of imidazole rings is 1. The molecule has 0 fully saturated rings. The molecule has 140 valence electrons. The van der Waals surface area contributed by atoms with Crippen LogP contribution in [-0.2, 0) is 13.0 Å². The molecule has 0 atom stereocenters. The van der Waals surface area contributed by atoms with Crippen molar-refractivity contribution in [3.63, 3.8) is 0 Å². The van der Waals surface area contributed by atoms with E-state index in [2.05, 4.69) is 50.9 Å². The van der Waals surface area contributed by atoms with E-state index in [4.69, 9.17) is 0 Å². The highest BCUT2D eigenvalue weighted by molar-refractivity contribution is 5.79. The Hall–Kier alpha value is -3.45. The molecule has 7 heteroatoms. The van der Waals surface area contributed by atoms with Gasteiger partial charge in [0.25, 0.3) is 0 Å². The van der Waals surface area contributed by atoms with E-state index in [1.165, 1.54) is 5.56 Å². The van der Waals surface area contributed by atoms with Crippen molar-refractivity contribution in [3.8, 4) is 11.1 Å². The number of pyridine rings is 2. The first-order chi connectivity index (χ1) is 13.7. The fraction of sp³-hybridized carbons (Fsp3) is 0.190. The maximum atomic E-state index is 9.18. The summed E-state index contributed by atoms with van der Waals surface area (Å²) in [5.41, 5.74) is 7.11. The van der Waals surface area contributed by atoms with Gasteiger partial charge in [0.15, 0.2) is 11.5 Å². The molecule has 0 radical (unpaired) electrons. The summed E-state index contributed by atoms with van der Waals surface area (Å²) in [5.74, 6) is 0.726. The van der Waals surface area contributed by atoms with Crippen molar-refractivity contribution >= 4 is 23.2 Å². The average molecular weight is 372 g/mol. The lowest BCUT2D eigenvalue weighted by atomic mass is 10.1. The van der Waals surface area contributed by atoms with Crippen LogP contribution in [0, 0.1) is 6.92 Å². The highest BCUT2D eigenvalue weighted by Crippen LogP contribution is 2.30. The van der Waals surface area contributed by atoms with Crippen LogP contribution in [0.5, 0.6) is 0 Å². The number of aryl methyl sites for hydroxylation is 1. The number of nitrogens with one attached hydrogen (secondary N) is 1. The minimum absolute atomic E-state index is 0.0577. The molecule has 28 heavy (non-hydrogen) atoms. The number of hydrogen-bond donors (Lipinski definition) is 2. The van der Waals surface area contributed by atoms with Gasteiger partial charge >= 0.3 is 0 Å². The number of hydrogen-bond acceptors (Lipinski definition) is 5. The van der Waals surface area contributed by atoms with Crippen molar-refractivity contribution in [1.29, 1.82) is 0 Å². The highest BCUT2D eigenvalue weighted by Gasteiger charge is 2.13. The number of aromatic nitrogens is 5. The highest BCUT2D eigenvalue weighted by atomic mass is 16.3. The molecule has 4 aromatic heterocycles. The minimum atomic E-state index is 0.0577. The van der Waals surface area contributed by atoms with E-state index in [-0.39, 0.29) is 6.61 Å². The number of allylic oxidation sites excluding steroid dienone is 1. The monoisotopic (exact) mass is 372 g/mol. The summed E-state index contributed by atoms with van der Waals surface area (Å²) >= 11 is 0. The Morgan fingerprint density at radius 1 is 1.18 bits per heavy atom. The lowest BCUT2D eigenvalue weighted by Crippen LogP contribution is -2.06. The Bertz CT molecular complexity index is 1200. The van der Waals surface area contributed by atoms with Gasteiger partial charge in [0.2, 0.25) is 0 Å². The lowest BCUT2D eigenvalue weighted by molar-refractivity contribution is 0.268. The Morgan fingerprint density at radius 2 is 2.11 bits per heavy atom. The molecule has 1 aliphatic carbocycles. The van der Waals surface area contributed by atoms with Gasteiger partial charge in [0.1, 0.15) is 0 Å². The molecule has 7 nitrogen and oxygen atoms in total. The second-order valence-corrected chi connectivity index (χ2v) is 6.92. The van der Waals surface area contributed by atoms with Crippen LogP contribution >= 0.6 is 0 Å². The normalized spacial score (nSPS) is 12.6. The maximum Gasteiger partial charge on any atom is 0.160 e. The van der Waals surface area contributed by atoms with Crippen molar-refractivity contribution in [2.45, 2.75) is 19.9 Å². The molecule has 4 heterocycles. The zero-order valence-electron chi connectivity index (χ0n) is 15.5. The number of rotatable bonds is 5. The zero-order chi connectivity index (χ0) is 19.1. The van der Waals surface area contributed by atoms with Crippen molar-refractivity contribution in [3.05, 3.63) is 66.0 Å². The summed E-state index contributed by atoms with van der Waals surface area (Å²) in [6, 6.07) is 6.24. The lowest BCUT2D eigenvalue weighted by Gasteiger charge is -2.10. The number of anilines is 2. The largest absolute Gasteiger partial charge is 0.394 e. The topological polar surface area (TPSA) is 80.3 Å². The summed E-state index contributed by atoms with van der Waals surface area (Å²) in [6.45, 7) is 2.50. The van der Waals surface area contributed by atoms with E-state index in [1.807, 2.05) is 29.8 Å². The predicted molar refractivity (Wildman–Crippen MR) is 108 cm³/mol. The second kappa shape index (κ2) is 6.61. The first-order valence-corrected chi connectivity index (χ1v) is 9.26.